The summed E-state index contributed by atoms with van der Waals surface area (Å²) < 4.78 is 39.5. The van der Waals surface area contributed by atoms with Crippen LogP contribution in [0.15, 0.2) is 0 Å². The average molecular weight is 428 g/mol. The molecule has 162 valence electrons. The Morgan fingerprint density at radius 3 is 1.74 bits per heavy atom. The van der Waals surface area contributed by atoms with E-state index in [0.717, 1.165) is 0 Å². The number of alkyl carbamates (subject to hydrolysis) is 1. The third kappa shape index (κ3) is 11.1. The van der Waals surface area contributed by atoms with Crippen LogP contribution in [-0.2, 0) is 31.3 Å². The first-order valence-corrected chi connectivity index (χ1v) is 13.0. The van der Waals surface area contributed by atoms with Crippen molar-refractivity contribution >= 4 is 24.4 Å². The molecule has 0 saturated heterocycles. The van der Waals surface area contributed by atoms with Crippen LogP contribution in [0.3, 0.4) is 0 Å². The van der Waals surface area contributed by atoms with Crippen molar-refractivity contribution in [3.8, 4) is 0 Å². The lowest BCUT2D eigenvalue weighted by Crippen LogP contribution is -2.52. The lowest BCUT2D eigenvalue weighted by atomic mass is 10.4. The van der Waals surface area contributed by atoms with E-state index in [1.54, 1.807) is 6.92 Å². The molecule has 0 radical (unpaired) electrons. The van der Waals surface area contributed by atoms with Gasteiger partial charge in [0.1, 0.15) is 0 Å². The monoisotopic (exact) mass is 427 g/mol. The molecule has 0 aromatic heterocycles. The van der Waals surface area contributed by atoms with Gasteiger partial charge in [-0.2, -0.15) is 0 Å². The quantitative estimate of drug-likeness (QED) is 0.352. The molecular formula is C16H37NO8Si2. The topological polar surface area (TPSA) is 93.7 Å². The zero-order valence-electron chi connectivity index (χ0n) is 17.6. The van der Waals surface area contributed by atoms with Gasteiger partial charge in [-0.3, -0.25) is 0 Å². The van der Waals surface area contributed by atoms with Crippen LogP contribution in [0.2, 0.25) is 0 Å². The van der Waals surface area contributed by atoms with Crippen molar-refractivity contribution in [2.45, 2.75) is 53.6 Å². The molecule has 1 unspecified atom stereocenters. The van der Waals surface area contributed by atoms with Gasteiger partial charge in [-0.15, -0.1) is 0 Å². The molecule has 1 amide bonds. The molecular weight excluding hydrogens is 390 g/mol. The Kier molecular flexibility index (Phi) is 16.1. The number of rotatable bonds is 17. The van der Waals surface area contributed by atoms with E-state index in [4.69, 9.17) is 31.3 Å². The van der Waals surface area contributed by atoms with Crippen molar-refractivity contribution in [2.75, 3.05) is 46.2 Å². The molecule has 0 spiro atoms. The molecule has 0 saturated carbocycles. The zero-order valence-corrected chi connectivity index (χ0v) is 19.7. The molecule has 0 aliphatic rings. The van der Waals surface area contributed by atoms with Gasteiger partial charge in [-0.25, -0.2) is 4.79 Å². The van der Waals surface area contributed by atoms with Crippen molar-refractivity contribution in [3.63, 3.8) is 0 Å². The number of amides is 1. The lowest BCUT2D eigenvalue weighted by molar-refractivity contribution is -0.0285. The molecule has 0 rings (SSSR count). The second-order valence-electron chi connectivity index (χ2n) is 5.19. The smallest absolute Gasteiger partial charge is 0.450 e. The Labute approximate surface area is 166 Å². The summed E-state index contributed by atoms with van der Waals surface area (Å²) in [5, 5.41) is 2.83. The summed E-state index contributed by atoms with van der Waals surface area (Å²) in [6.45, 7) is 14.0. The van der Waals surface area contributed by atoms with Gasteiger partial charge in [0, 0.05) is 39.6 Å². The van der Waals surface area contributed by atoms with Crippen LogP contribution >= 0.6 is 0 Å². The second-order valence-corrected chi connectivity index (χ2v) is 9.55. The van der Waals surface area contributed by atoms with E-state index in [9.17, 15) is 4.79 Å². The largest absolute Gasteiger partial charge is 0.679 e. The Morgan fingerprint density at radius 2 is 1.33 bits per heavy atom. The maximum absolute atomic E-state index is 11.9. The van der Waals surface area contributed by atoms with Crippen molar-refractivity contribution in [3.05, 3.63) is 0 Å². The van der Waals surface area contributed by atoms with Gasteiger partial charge in [-0.05, 0) is 48.0 Å². The fraction of sp³-hybridized carbons (Fsp3) is 0.938. The predicted molar refractivity (Wildman–Crippen MR) is 106 cm³/mol. The van der Waals surface area contributed by atoms with E-state index in [0.29, 0.717) is 46.1 Å². The van der Waals surface area contributed by atoms with Crippen LogP contribution in [0.1, 0.15) is 48.0 Å². The Morgan fingerprint density at radius 1 is 0.815 bits per heavy atom. The predicted octanol–water partition coefficient (Wildman–Crippen LogP) is 1.89. The van der Waals surface area contributed by atoms with Crippen LogP contribution < -0.4 is 5.32 Å². The fourth-order valence-corrected chi connectivity index (χ4v) is 6.13. The highest BCUT2D eigenvalue weighted by molar-refractivity contribution is 6.53. The minimum absolute atomic E-state index is 0.271. The van der Waals surface area contributed by atoms with E-state index in [2.05, 4.69) is 5.32 Å². The van der Waals surface area contributed by atoms with E-state index in [-0.39, 0.29) is 12.3 Å². The number of hydrogen-bond donors (Lipinski definition) is 1. The van der Waals surface area contributed by atoms with E-state index in [1.165, 1.54) is 0 Å². The van der Waals surface area contributed by atoms with Crippen LogP contribution in [0, 0.1) is 0 Å². The summed E-state index contributed by atoms with van der Waals surface area (Å²) in [7, 11) is -5.36. The van der Waals surface area contributed by atoms with Gasteiger partial charge in [0.15, 0.2) is 0 Å². The summed E-state index contributed by atoms with van der Waals surface area (Å²) >= 11 is 0. The standard InChI is InChI=1S/C16H37NO8Si2/c1-7-19-16(18)17-15(26(20-8-2)21-9-3)13-14-25-27(22-10-4,23-11-5)24-12-6/h15,26H,7-14H2,1-6H3,(H,17,18). The average Bonchev–Trinajstić information content (AvgIpc) is 2.61. The zero-order chi connectivity index (χ0) is 20.5. The molecule has 1 N–H and O–H groups in total. The number of carbonyl (C=O) groups excluding carboxylic acids is 1. The first-order valence-electron chi connectivity index (χ1n) is 9.74. The SMILES string of the molecule is CCOC(=O)NC(CCO[Si](OCC)(OCC)OCC)[SiH](OCC)OCC. The molecule has 0 aliphatic heterocycles. The molecule has 0 aromatic carbocycles. The lowest BCUT2D eigenvalue weighted by Gasteiger charge is -2.29. The summed E-state index contributed by atoms with van der Waals surface area (Å²) in [6, 6.07) is 0. The summed E-state index contributed by atoms with van der Waals surface area (Å²) in [6.07, 6.45) is -0.0279. The van der Waals surface area contributed by atoms with Gasteiger partial charge in [-0.1, -0.05) is 0 Å². The Hall–Kier alpha value is -0.536. The molecule has 0 aliphatic carbocycles. The van der Waals surface area contributed by atoms with E-state index < -0.39 is 24.4 Å². The maximum atomic E-state index is 11.9. The van der Waals surface area contributed by atoms with Gasteiger partial charge >= 0.3 is 24.4 Å². The molecule has 0 heterocycles. The van der Waals surface area contributed by atoms with Crippen molar-refractivity contribution in [2.24, 2.45) is 0 Å². The summed E-state index contributed by atoms with van der Waals surface area (Å²) in [5.41, 5.74) is -0.319. The number of carbonyl (C=O) groups is 1. The number of hydrogen-bond acceptors (Lipinski definition) is 8. The van der Waals surface area contributed by atoms with Crippen LogP contribution in [0.25, 0.3) is 0 Å². The van der Waals surface area contributed by atoms with Crippen molar-refractivity contribution in [1.82, 2.24) is 5.32 Å². The van der Waals surface area contributed by atoms with Crippen molar-refractivity contribution < 1.29 is 36.1 Å². The molecule has 11 heteroatoms. The van der Waals surface area contributed by atoms with Gasteiger partial charge in [0.25, 0.3) is 0 Å². The minimum atomic E-state index is -3.20. The first-order chi connectivity index (χ1) is 13.0. The molecule has 0 bridgehead atoms. The Balaban J connectivity index is 5.02. The van der Waals surface area contributed by atoms with Gasteiger partial charge < -0.3 is 36.6 Å². The van der Waals surface area contributed by atoms with Crippen LogP contribution in [-0.4, -0.2) is 76.3 Å². The van der Waals surface area contributed by atoms with Crippen LogP contribution in [0.4, 0.5) is 4.79 Å². The first kappa shape index (κ1) is 26.5. The maximum Gasteiger partial charge on any atom is 0.679 e. The Bertz CT molecular complexity index is 355. The number of nitrogens with one attached hydrogen (secondary N) is 1. The molecule has 9 nitrogen and oxygen atoms in total. The van der Waals surface area contributed by atoms with E-state index in [1.807, 2.05) is 34.6 Å². The summed E-state index contributed by atoms with van der Waals surface area (Å²) in [4.78, 5) is 11.9. The highest BCUT2D eigenvalue weighted by Crippen LogP contribution is 2.14. The third-order valence-electron chi connectivity index (χ3n) is 3.24. The van der Waals surface area contributed by atoms with Crippen molar-refractivity contribution in [1.29, 1.82) is 0 Å². The molecule has 27 heavy (non-hydrogen) atoms. The third-order valence-corrected chi connectivity index (χ3v) is 8.21. The van der Waals surface area contributed by atoms with Gasteiger partial charge in [0.05, 0.1) is 12.3 Å². The minimum Gasteiger partial charge on any atom is -0.450 e. The van der Waals surface area contributed by atoms with Gasteiger partial charge in [0.2, 0.25) is 0 Å². The second kappa shape index (κ2) is 16.4. The van der Waals surface area contributed by atoms with E-state index >= 15 is 0 Å². The van der Waals surface area contributed by atoms with Crippen LogP contribution in [0.5, 0.6) is 0 Å². The highest BCUT2D eigenvalue weighted by atomic mass is 28.4. The summed E-state index contributed by atoms with van der Waals surface area (Å²) in [5.74, 6) is 0. The number of ether oxygens (including phenoxy) is 1. The molecule has 0 fully saturated rings. The highest BCUT2D eigenvalue weighted by Gasteiger charge is 2.45. The fourth-order valence-electron chi connectivity index (χ4n) is 2.30. The normalized spacial score (nSPS) is 13.0. The molecule has 0 aromatic rings. The molecule has 1 atom stereocenters.